The van der Waals surface area contributed by atoms with Crippen molar-refractivity contribution in [2.75, 3.05) is 51.0 Å². The normalized spacial score (nSPS) is 15.5. The van der Waals surface area contributed by atoms with E-state index in [1.165, 1.54) is 12.1 Å². The molecule has 8 heteroatoms. The second-order valence-corrected chi connectivity index (χ2v) is 9.79. The summed E-state index contributed by atoms with van der Waals surface area (Å²) in [4.78, 5) is 17.3. The van der Waals surface area contributed by atoms with Crippen molar-refractivity contribution in [2.24, 2.45) is 0 Å². The number of hydrogen-bond donors (Lipinski definition) is 2. The smallest absolute Gasteiger partial charge is 0.261 e. The molecule has 2 N–H and O–H groups in total. The average Bonchev–Trinajstić information content (AvgIpc) is 2.76. The maximum Gasteiger partial charge on any atom is 0.261 e. The van der Waals surface area contributed by atoms with E-state index in [-0.39, 0.29) is 10.8 Å². The number of rotatable bonds is 9. The maximum atomic E-state index is 12.7. The van der Waals surface area contributed by atoms with Gasteiger partial charge in [0.2, 0.25) is 0 Å². The van der Waals surface area contributed by atoms with Gasteiger partial charge in [-0.25, -0.2) is 8.42 Å². The number of aryl methyl sites for hydroxylation is 1. The number of nitrogens with zero attached hydrogens (tertiary/aromatic N) is 2. The Kier molecular flexibility index (Phi) is 8.06. The minimum atomic E-state index is -3.77. The SMILES string of the molecule is Cc1ccc(NS(=O)(=O)c2cccc(C(=O)NCCCCN3CCN(C)CC3)c2)cc1. The van der Waals surface area contributed by atoms with E-state index >= 15 is 0 Å². The van der Waals surface area contributed by atoms with Crippen LogP contribution in [0.4, 0.5) is 5.69 Å². The van der Waals surface area contributed by atoms with Crippen molar-refractivity contribution < 1.29 is 13.2 Å². The highest BCUT2D eigenvalue weighted by Gasteiger charge is 2.17. The summed E-state index contributed by atoms with van der Waals surface area (Å²) in [5.41, 5.74) is 1.87. The van der Waals surface area contributed by atoms with E-state index in [2.05, 4.69) is 26.9 Å². The molecular formula is C23H32N4O3S. The van der Waals surface area contributed by atoms with Gasteiger partial charge in [0.25, 0.3) is 15.9 Å². The van der Waals surface area contributed by atoms with Gasteiger partial charge in [0.05, 0.1) is 4.90 Å². The summed E-state index contributed by atoms with van der Waals surface area (Å²) < 4.78 is 27.9. The van der Waals surface area contributed by atoms with Gasteiger partial charge in [-0.05, 0) is 63.7 Å². The van der Waals surface area contributed by atoms with Crippen LogP contribution in [0.5, 0.6) is 0 Å². The van der Waals surface area contributed by atoms with E-state index in [9.17, 15) is 13.2 Å². The van der Waals surface area contributed by atoms with E-state index < -0.39 is 10.0 Å². The highest BCUT2D eigenvalue weighted by molar-refractivity contribution is 7.92. The Labute approximate surface area is 185 Å². The van der Waals surface area contributed by atoms with Crippen LogP contribution >= 0.6 is 0 Å². The number of benzene rings is 2. The van der Waals surface area contributed by atoms with E-state index in [4.69, 9.17) is 0 Å². The summed E-state index contributed by atoms with van der Waals surface area (Å²) in [5.74, 6) is -0.257. The van der Waals surface area contributed by atoms with Crippen molar-refractivity contribution in [3.63, 3.8) is 0 Å². The number of likely N-dealkylation sites (N-methyl/N-ethyl adjacent to an activating group) is 1. The molecule has 3 rings (SSSR count). The van der Waals surface area contributed by atoms with Crippen LogP contribution in [-0.2, 0) is 10.0 Å². The van der Waals surface area contributed by atoms with Gasteiger partial charge in [0.15, 0.2) is 0 Å². The zero-order valence-corrected chi connectivity index (χ0v) is 19.1. The minimum Gasteiger partial charge on any atom is -0.352 e. The van der Waals surface area contributed by atoms with Gasteiger partial charge in [-0.2, -0.15) is 0 Å². The molecule has 1 amide bonds. The largest absolute Gasteiger partial charge is 0.352 e. The molecule has 2 aromatic carbocycles. The Bertz CT molecular complexity index is 969. The van der Waals surface area contributed by atoms with Gasteiger partial charge in [-0.15, -0.1) is 0 Å². The van der Waals surface area contributed by atoms with E-state index in [0.29, 0.717) is 17.8 Å². The number of piperazine rings is 1. The number of unbranched alkanes of at least 4 members (excludes halogenated alkanes) is 1. The van der Waals surface area contributed by atoms with Crippen LogP contribution in [0.15, 0.2) is 53.4 Å². The van der Waals surface area contributed by atoms with Crippen LogP contribution in [0, 0.1) is 6.92 Å². The lowest BCUT2D eigenvalue weighted by Crippen LogP contribution is -2.44. The van der Waals surface area contributed by atoms with Gasteiger partial charge in [-0.3, -0.25) is 9.52 Å². The van der Waals surface area contributed by atoms with Crippen LogP contribution in [-0.4, -0.2) is 70.4 Å². The van der Waals surface area contributed by atoms with Gasteiger partial charge in [-0.1, -0.05) is 23.8 Å². The predicted octanol–water partition coefficient (Wildman–Crippen LogP) is 2.55. The Morgan fingerprint density at radius 2 is 1.71 bits per heavy atom. The third-order valence-electron chi connectivity index (χ3n) is 5.49. The zero-order valence-electron chi connectivity index (χ0n) is 18.3. The summed E-state index contributed by atoms with van der Waals surface area (Å²) >= 11 is 0. The highest BCUT2D eigenvalue weighted by Crippen LogP contribution is 2.17. The average molecular weight is 445 g/mol. The Morgan fingerprint density at radius 3 is 2.42 bits per heavy atom. The number of carbonyl (C=O) groups excluding carboxylic acids is 1. The Hall–Kier alpha value is -2.42. The van der Waals surface area contributed by atoms with Crippen LogP contribution in [0.1, 0.15) is 28.8 Å². The Morgan fingerprint density at radius 1 is 1.00 bits per heavy atom. The van der Waals surface area contributed by atoms with Crippen LogP contribution in [0.25, 0.3) is 0 Å². The maximum absolute atomic E-state index is 12.7. The fraction of sp³-hybridized carbons (Fsp3) is 0.435. The molecule has 0 unspecified atom stereocenters. The lowest BCUT2D eigenvalue weighted by Gasteiger charge is -2.32. The number of carbonyl (C=O) groups is 1. The first kappa shape index (κ1) is 23.2. The van der Waals surface area contributed by atoms with Gasteiger partial charge in [0.1, 0.15) is 0 Å². The van der Waals surface area contributed by atoms with Crippen LogP contribution in [0.2, 0.25) is 0 Å². The van der Waals surface area contributed by atoms with Gasteiger partial charge >= 0.3 is 0 Å². The predicted molar refractivity (Wildman–Crippen MR) is 124 cm³/mol. The molecule has 0 saturated carbocycles. The summed E-state index contributed by atoms with van der Waals surface area (Å²) in [6, 6.07) is 13.2. The van der Waals surface area contributed by atoms with E-state index in [0.717, 1.165) is 51.1 Å². The first-order valence-corrected chi connectivity index (χ1v) is 12.2. The standard InChI is InChI=1S/C23H32N4O3S/c1-19-8-10-21(11-9-19)25-31(29,30)22-7-5-6-20(18-22)23(28)24-12-3-4-13-27-16-14-26(2)15-17-27/h5-11,18,25H,3-4,12-17H2,1-2H3,(H,24,28). The van der Waals surface area contributed by atoms with Crippen LogP contribution in [0.3, 0.4) is 0 Å². The summed E-state index contributed by atoms with van der Waals surface area (Å²) in [6.07, 6.45) is 1.92. The lowest BCUT2D eigenvalue weighted by molar-refractivity contribution is 0.0951. The molecule has 1 aliphatic heterocycles. The summed E-state index contributed by atoms with van der Waals surface area (Å²) in [6.45, 7) is 7.96. The van der Waals surface area contributed by atoms with Crippen molar-refractivity contribution in [1.82, 2.24) is 15.1 Å². The van der Waals surface area contributed by atoms with Crippen molar-refractivity contribution >= 4 is 21.6 Å². The van der Waals surface area contributed by atoms with Crippen molar-refractivity contribution in [1.29, 1.82) is 0 Å². The number of anilines is 1. The van der Waals surface area contributed by atoms with Crippen molar-refractivity contribution in [3.8, 4) is 0 Å². The quantitative estimate of drug-likeness (QED) is 0.581. The molecule has 31 heavy (non-hydrogen) atoms. The molecule has 0 radical (unpaired) electrons. The lowest BCUT2D eigenvalue weighted by atomic mass is 10.2. The molecule has 1 fully saturated rings. The second kappa shape index (κ2) is 10.7. The third kappa shape index (κ3) is 7.05. The number of amides is 1. The molecule has 0 bridgehead atoms. The molecular weight excluding hydrogens is 412 g/mol. The first-order valence-electron chi connectivity index (χ1n) is 10.7. The summed E-state index contributed by atoms with van der Waals surface area (Å²) in [7, 11) is -1.62. The van der Waals surface area contributed by atoms with Crippen LogP contribution < -0.4 is 10.0 Å². The van der Waals surface area contributed by atoms with E-state index in [1.807, 2.05) is 19.1 Å². The molecule has 1 aliphatic rings. The molecule has 0 aromatic heterocycles. The third-order valence-corrected chi connectivity index (χ3v) is 6.87. The number of hydrogen-bond acceptors (Lipinski definition) is 5. The fourth-order valence-electron chi connectivity index (χ4n) is 3.48. The number of nitrogens with one attached hydrogen (secondary N) is 2. The molecule has 0 atom stereocenters. The van der Waals surface area contributed by atoms with E-state index in [1.54, 1.807) is 24.3 Å². The molecule has 2 aromatic rings. The summed E-state index contributed by atoms with van der Waals surface area (Å²) in [5, 5.41) is 2.90. The molecule has 0 spiro atoms. The molecule has 0 aliphatic carbocycles. The fourth-order valence-corrected chi connectivity index (χ4v) is 4.58. The molecule has 1 saturated heterocycles. The van der Waals surface area contributed by atoms with Crippen molar-refractivity contribution in [3.05, 3.63) is 59.7 Å². The topological polar surface area (TPSA) is 81.7 Å². The molecule has 168 valence electrons. The first-order chi connectivity index (χ1) is 14.8. The van der Waals surface area contributed by atoms with Crippen molar-refractivity contribution in [2.45, 2.75) is 24.7 Å². The second-order valence-electron chi connectivity index (χ2n) is 8.11. The zero-order chi connectivity index (χ0) is 22.3. The monoisotopic (exact) mass is 444 g/mol. The minimum absolute atomic E-state index is 0.0655. The molecule has 1 heterocycles. The Balaban J connectivity index is 1.48. The van der Waals surface area contributed by atoms with Gasteiger partial charge < -0.3 is 15.1 Å². The molecule has 7 nitrogen and oxygen atoms in total. The van der Waals surface area contributed by atoms with Gasteiger partial charge in [0, 0.05) is 44.0 Å². The highest BCUT2D eigenvalue weighted by atomic mass is 32.2. The number of sulfonamides is 1.